The molecule has 2 aromatic carbocycles. The quantitative estimate of drug-likeness (QED) is 0.468. The van der Waals surface area contributed by atoms with E-state index in [0.717, 1.165) is 33.2 Å². The number of rotatable bonds is 2. The first-order valence-corrected chi connectivity index (χ1v) is 8.11. The molecule has 0 atom stereocenters. The van der Waals surface area contributed by atoms with Crippen molar-refractivity contribution in [2.24, 2.45) is 0 Å². The van der Waals surface area contributed by atoms with Crippen LogP contribution in [0.1, 0.15) is 0 Å². The molecule has 5 rings (SSSR count). The number of nitrogens with zero attached hydrogens (tertiary/aromatic N) is 3. The SMILES string of the molecule is O=c1n2c(-c3ccncc3)cc3cccc(c[n+]1-c1ccccc1)c32. The summed E-state index contributed by atoms with van der Waals surface area (Å²) >= 11 is 0. The van der Waals surface area contributed by atoms with E-state index in [1.165, 1.54) is 0 Å². The smallest absolute Gasteiger partial charge is 0.265 e. The van der Waals surface area contributed by atoms with Crippen molar-refractivity contribution < 1.29 is 4.57 Å². The minimum atomic E-state index is -0.0771. The van der Waals surface area contributed by atoms with Crippen LogP contribution in [0.15, 0.2) is 90.1 Å². The molecule has 4 nitrogen and oxygen atoms in total. The Balaban J connectivity index is 1.95. The van der Waals surface area contributed by atoms with Crippen molar-refractivity contribution >= 4 is 16.3 Å². The molecule has 0 N–H and O–H groups in total. The molecule has 0 aliphatic carbocycles. The highest BCUT2D eigenvalue weighted by Gasteiger charge is 2.23. The maximum absolute atomic E-state index is 13.3. The van der Waals surface area contributed by atoms with E-state index in [4.69, 9.17) is 0 Å². The van der Waals surface area contributed by atoms with Crippen LogP contribution in [-0.4, -0.2) is 9.38 Å². The van der Waals surface area contributed by atoms with E-state index in [1.54, 1.807) is 21.4 Å². The van der Waals surface area contributed by atoms with Gasteiger partial charge in [0.25, 0.3) is 0 Å². The summed E-state index contributed by atoms with van der Waals surface area (Å²) in [5.74, 6) is 0. The number of aromatic nitrogens is 3. The summed E-state index contributed by atoms with van der Waals surface area (Å²) in [5, 5.41) is 2.09. The third kappa shape index (κ3) is 2.04. The van der Waals surface area contributed by atoms with Crippen LogP contribution in [0, 0.1) is 0 Å². The lowest BCUT2D eigenvalue weighted by Crippen LogP contribution is -2.50. The van der Waals surface area contributed by atoms with E-state index in [9.17, 15) is 4.79 Å². The van der Waals surface area contributed by atoms with Gasteiger partial charge in [0.1, 0.15) is 17.6 Å². The van der Waals surface area contributed by atoms with E-state index in [0.29, 0.717) is 0 Å². The van der Waals surface area contributed by atoms with E-state index in [1.807, 2.05) is 66.9 Å². The summed E-state index contributed by atoms with van der Waals surface area (Å²) in [6.45, 7) is 0. The predicted molar refractivity (Wildman–Crippen MR) is 97.1 cm³/mol. The molecule has 0 saturated carbocycles. The van der Waals surface area contributed by atoms with Gasteiger partial charge in [0, 0.05) is 23.3 Å². The number of benzene rings is 2. The second kappa shape index (κ2) is 5.24. The van der Waals surface area contributed by atoms with E-state index < -0.39 is 0 Å². The van der Waals surface area contributed by atoms with Gasteiger partial charge in [0.05, 0.1) is 5.39 Å². The van der Waals surface area contributed by atoms with Crippen LogP contribution in [0.3, 0.4) is 0 Å². The van der Waals surface area contributed by atoms with E-state index >= 15 is 0 Å². The van der Waals surface area contributed by atoms with Crippen molar-refractivity contribution in [3.63, 3.8) is 0 Å². The normalized spacial score (nSPS) is 11.4. The van der Waals surface area contributed by atoms with Crippen molar-refractivity contribution in [1.82, 2.24) is 9.38 Å². The fourth-order valence-electron chi connectivity index (χ4n) is 3.40. The third-order valence-corrected chi connectivity index (χ3v) is 4.53. The number of pyridine rings is 1. The lowest BCUT2D eigenvalue weighted by atomic mass is 10.2. The zero-order chi connectivity index (χ0) is 16.8. The van der Waals surface area contributed by atoms with Gasteiger partial charge in [0.15, 0.2) is 5.52 Å². The Morgan fingerprint density at radius 2 is 1.60 bits per heavy atom. The van der Waals surface area contributed by atoms with E-state index in [2.05, 4.69) is 11.1 Å². The highest BCUT2D eigenvalue weighted by Crippen LogP contribution is 2.28. The molecule has 4 heteroatoms. The summed E-state index contributed by atoms with van der Waals surface area (Å²) in [4.78, 5) is 17.4. The molecule has 0 saturated heterocycles. The lowest BCUT2D eigenvalue weighted by Gasteiger charge is -2.02. The van der Waals surface area contributed by atoms with Crippen LogP contribution in [0.2, 0.25) is 0 Å². The fourth-order valence-corrected chi connectivity index (χ4v) is 3.40. The van der Waals surface area contributed by atoms with Gasteiger partial charge < -0.3 is 0 Å². The molecule has 0 bridgehead atoms. The van der Waals surface area contributed by atoms with Gasteiger partial charge in [-0.05, 0) is 36.4 Å². The van der Waals surface area contributed by atoms with Gasteiger partial charge in [0.2, 0.25) is 0 Å². The molecule has 0 radical (unpaired) electrons. The van der Waals surface area contributed by atoms with Crippen LogP contribution in [0.4, 0.5) is 0 Å². The monoisotopic (exact) mass is 324 g/mol. The maximum Gasteiger partial charge on any atom is 0.508 e. The Morgan fingerprint density at radius 1 is 0.840 bits per heavy atom. The molecular formula is C21H14N3O+. The van der Waals surface area contributed by atoms with Crippen molar-refractivity contribution in [3.05, 3.63) is 95.8 Å². The number of hydrogen-bond donors (Lipinski definition) is 0. The Bertz CT molecular complexity index is 1240. The number of para-hydroxylation sites is 2. The summed E-state index contributed by atoms with van der Waals surface area (Å²) in [5.41, 5.74) is 3.58. The van der Waals surface area contributed by atoms with Gasteiger partial charge in [-0.3, -0.25) is 4.98 Å². The average Bonchev–Trinajstić information content (AvgIpc) is 3.07. The van der Waals surface area contributed by atoms with Gasteiger partial charge >= 0.3 is 5.69 Å². The molecule has 0 amide bonds. The second-order valence-electron chi connectivity index (χ2n) is 6.00. The Hall–Kier alpha value is -3.53. The highest BCUT2D eigenvalue weighted by molar-refractivity contribution is 5.98. The Kier molecular flexibility index (Phi) is 2.91. The largest absolute Gasteiger partial charge is 0.508 e. The van der Waals surface area contributed by atoms with Crippen molar-refractivity contribution in [3.8, 4) is 16.9 Å². The average molecular weight is 324 g/mol. The first kappa shape index (κ1) is 13.9. The molecule has 118 valence electrons. The maximum atomic E-state index is 13.3. The highest BCUT2D eigenvalue weighted by atomic mass is 16.1. The lowest BCUT2D eigenvalue weighted by molar-refractivity contribution is -0.614. The van der Waals surface area contributed by atoms with Crippen LogP contribution < -0.4 is 10.3 Å². The zero-order valence-electron chi connectivity index (χ0n) is 13.3. The molecule has 5 aromatic rings. The Labute approximate surface area is 143 Å². The Morgan fingerprint density at radius 3 is 2.40 bits per heavy atom. The number of hydrogen-bond acceptors (Lipinski definition) is 2. The molecule has 3 aromatic heterocycles. The fraction of sp³-hybridized carbons (Fsp3) is 0. The first-order chi connectivity index (χ1) is 12.3. The van der Waals surface area contributed by atoms with Gasteiger partial charge in [-0.1, -0.05) is 30.3 Å². The molecular weight excluding hydrogens is 310 g/mol. The molecule has 3 heterocycles. The third-order valence-electron chi connectivity index (χ3n) is 4.53. The van der Waals surface area contributed by atoms with Crippen LogP contribution in [0.5, 0.6) is 0 Å². The first-order valence-electron chi connectivity index (χ1n) is 8.11. The predicted octanol–water partition coefficient (Wildman–Crippen LogP) is 3.23. The van der Waals surface area contributed by atoms with Crippen molar-refractivity contribution in [2.45, 2.75) is 0 Å². The molecule has 25 heavy (non-hydrogen) atoms. The van der Waals surface area contributed by atoms with Gasteiger partial charge in [-0.2, -0.15) is 13.8 Å². The summed E-state index contributed by atoms with van der Waals surface area (Å²) in [7, 11) is 0. The van der Waals surface area contributed by atoms with Crippen LogP contribution >= 0.6 is 0 Å². The minimum Gasteiger partial charge on any atom is -0.265 e. The minimum absolute atomic E-state index is 0.0771. The van der Waals surface area contributed by atoms with Crippen LogP contribution in [-0.2, 0) is 0 Å². The molecule has 0 aliphatic rings. The van der Waals surface area contributed by atoms with Crippen LogP contribution in [0.25, 0.3) is 33.2 Å². The zero-order valence-corrected chi connectivity index (χ0v) is 13.3. The molecule has 0 fully saturated rings. The summed E-state index contributed by atoms with van der Waals surface area (Å²) < 4.78 is 3.50. The molecule has 0 unspecified atom stereocenters. The van der Waals surface area contributed by atoms with Gasteiger partial charge in [-0.25, -0.2) is 0 Å². The van der Waals surface area contributed by atoms with Crippen molar-refractivity contribution in [1.29, 1.82) is 0 Å². The standard InChI is InChI=1S/C21H14N3O/c25-21-23(18-7-2-1-3-8-18)14-17-6-4-5-16-13-19(24(21)20(16)17)15-9-11-22-12-10-15/h1-14H/q+1. The van der Waals surface area contributed by atoms with Crippen molar-refractivity contribution in [2.75, 3.05) is 0 Å². The topological polar surface area (TPSA) is 38.3 Å². The molecule has 0 aliphatic heterocycles. The van der Waals surface area contributed by atoms with Gasteiger partial charge in [-0.15, -0.1) is 0 Å². The summed E-state index contributed by atoms with van der Waals surface area (Å²) in [6.07, 6.45) is 5.40. The van der Waals surface area contributed by atoms with E-state index in [-0.39, 0.29) is 5.69 Å². The molecule has 0 spiro atoms. The summed E-state index contributed by atoms with van der Waals surface area (Å²) in [6, 6.07) is 21.7. The second-order valence-corrected chi connectivity index (χ2v) is 6.00.